The number of hydrogen-bond acceptors (Lipinski definition) is 2. The summed E-state index contributed by atoms with van der Waals surface area (Å²) in [7, 11) is 1.70. The van der Waals surface area contributed by atoms with Crippen LogP contribution in [-0.4, -0.2) is 35.6 Å². The van der Waals surface area contributed by atoms with Crippen LogP contribution in [-0.2, 0) is 0 Å². The Hall–Kier alpha value is -2.04. The number of carbonyl (C=O) groups is 2. The van der Waals surface area contributed by atoms with Crippen molar-refractivity contribution in [3.8, 4) is 0 Å². The van der Waals surface area contributed by atoms with Crippen molar-refractivity contribution >= 4 is 17.7 Å². The lowest BCUT2D eigenvalue weighted by atomic mass is 10.1. The predicted molar refractivity (Wildman–Crippen MR) is 79.2 cm³/mol. The maximum atomic E-state index is 12.0. The molecule has 0 unspecified atom stereocenters. The Labute approximate surface area is 119 Å². The molecule has 0 aliphatic heterocycles. The fourth-order valence-electron chi connectivity index (χ4n) is 1.82. The summed E-state index contributed by atoms with van der Waals surface area (Å²) in [6.45, 7) is 6.53. The van der Waals surface area contributed by atoms with Crippen LogP contribution in [0.15, 0.2) is 18.2 Å². The lowest BCUT2D eigenvalue weighted by molar-refractivity contribution is 0.0697. The second kappa shape index (κ2) is 6.93. The van der Waals surface area contributed by atoms with E-state index in [0.29, 0.717) is 23.7 Å². The molecule has 0 fully saturated rings. The molecule has 1 aromatic carbocycles. The molecule has 110 valence electrons. The summed E-state index contributed by atoms with van der Waals surface area (Å²) >= 11 is 0. The van der Waals surface area contributed by atoms with Crippen molar-refractivity contribution in [3.05, 3.63) is 29.3 Å². The van der Waals surface area contributed by atoms with E-state index >= 15 is 0 Å². The van der Waals surface area contributed by atoms with Gasteiger partial charge in [-0.05, 0) is 30.9 Å². The van der Waals surface area contributed by atoms with Gasteiger partial charge in [-0.25, -0.2) is 9.59 Å². The average molecular weight is 278 g/mol. The number of carboxylic acid groups (broad SMARTS) is 1. The van der Waals surface area contributed by atoms with E-state index in [-0.39, 0.29) is 11.6 Å². The Morgan fingerprint density at radius 1 is 1.35 bits per heavy atom. The Balaban J connectivity index is 2.80. The molecule has 0 saturated carbocycles. The number of nitrogens with one attached hydrogen (secondary N) is 1. The quantitative estimate of drug-likeness (QED) is 0.869. The number of rotatable bonds is 5. The first-order valence-electron chi connectivity index (χ1n) is 6.68. The molecule has 2 N–H and O–H groups in total. The van der Waals surface area contributed by atoms with Gasteiger partial charge in [0.25, 0.3) is 0 Å². The molecule has 0 aromatic heterocycles. The third kappa shape index (κ3) is 4.26. The first-order valence-corrected chi connectivity index (χ1v) is 6.68. The van der Waals surface area contributed by atoms with Gasteiger partial charge >= 0.3 is 12.0 Å². The number of hydrogen-bond donors (Lipinski definition) is 2. The van der Waals surface area contributed by atoms with Gasteiger partial charge < -0.3 is 15.3 Å². The molecule has 0 aliphatic carbocycles. The Kier molecular flexibility index (Phi) is 5.55. The van der Waals surface area contributed by atoms with E-state index in [4.69, 9.17) is 0 Å². The number of aryl methyl sites for hydroxylation is 1. The predicted octanol–water partition coefficient (Wildman–Crippen LogP) is 3.20. The number of carboxylic acids is 1. The third-order valence-electron chi connectivity index (χ3n) is 3.12. The molecule has 5 heteroatoms. The number of carbonyl (C=O) groups excluding carboxylic acids is 1. The van der Waals surface area contributed by atoms with E-state index in [1.807, 2.05) is 0 Å². The number of nitrogens with zero attached hydrogens (tertiary/aromatic N) is 1. The highest BCUT2D eigenvalue weighted by molar-refractivity contribution is 6.01. The zero-order valence-electron chi connectivity index (χ0n) is 12.4. The maximum Gasteiger partial charge on any atom is 0.338 e. The van der Waals surface area contributed by atoms with Crippen molar-refractivity contribution in [1.29, 1.82) is 0 Å². The molecule has 1 aromatic rings. The highest BCUT2D eigenvalue weighted by Crippen LogP contribution is 2.20. The van der Waals surface area contributed by atoms with Gasteiger partial charge in [-0.15, -0.1) is 0 Å². The zero-order chi connectivity index (χ0) is 15.3. The van der Waals surface area contributed by atoms with Crippen LogP contribution < -0.4 is 5.32 Å². The maximum absolute atomic E-state index is 12.0. The van der Waals surface area contributed by atoms with Crippen LogP contribution in [0, 0.1) is 12.8 Å². The lowest BCUT2D eigenvalue weighted by Crippen LogP contribution is -2.33. The first kappa shape index (κ1) is 16.0. The molecule has 0 spiro atoms. The second-order valence-electron chi connectivity index (χ2n) is 5.34. The molecule has 0 bridgehead atoms. The summed E-state index contributed by atoms with van der Waals surface area (Å²) in [5.74, 6) is -0.526. The number of anilines is 1. The van der Waals surface area contributed by atoms with Crippen molar-refractivity contribution < 1.29 is 14.7 Å². The SMILES string of the molecule is Cc1cccc(NC(=O)N(C)CCC(C)C)c1C(=O)O. The van der Waals surface area contributed by atoms with Gasteiger partial charge in [0.1, 0.15) is 0 Å². The normalized spacial score (nSPS) is 10.4. The highest BCUT2D eigenvalue weighted by atomic mass is 16.4. The van der Waals surface area contributed by atoms with Crippen LogP contribution >= 0.6 is 0 Å². The van der Waals surface area contributed by atoms with Crippen molar-refractivity contribution in [3.63, 3.8) is 0 Å². The zero-order valence-corrected chi connectivity index (χ0v) is 12.4. The fraction of sp³-hybridized carbons (Fsp3) is 0.467. The molecular weight excluding hydrogens is 256 g/mol. The molecule has 0 aliphatic rings. The Morgan fingerprint density at radius 3 is 2.55 bits per heavy atom. The fourth-order valence-corrected chi connectivity index (χ4v) is 1.82. The molecule has 0 radical (unpaired) electrons. The lowest BCUT2D eigenvalue weighted by Gasteiger charge is -2.20. The molecule has 0 atom stereocenters. The molecule has 0 heterocycles. The third-order valence-corrected chi connectivity index (χ3v) is 3.12. The smallest absolute Gasteiger partial charge is 0.338 e. The summed E-state index contributed by atoms with van der Waals surface area (Å²) in [5, 5.41) is 11.9. The van der Waals surface area contributed by atoms with E-state index in [1.54, 1.807) is 37.1 Å². The Bertz CT molecular complexity index is 498. The van der Waals surface area contributed by atoms with Gasteiger partial charge in [0.05, 0.1) is 11.3 Å². The topological polar surface area (TPSA) is 69.6 Å². The van der Waals surface area contributed by atoms with E-state index in [9.17, 15) is 14.7 Å². The van der Waals surface area contributed by atoms with Gasteiger partial charge in [0.15, 0.2) is 0 Å². The molecule has 1 rings (SSSR count). The van der Waals surface area contributed by atoms with Crippen molar-refractivity contribution in [2.24, 2.45) is 5.92 Å². The number of amides is 2. The minimum atomic E-state index is -1.04. The van der Waals surface area contributed by atoms with Crippen LogP contribution in [0.2, 0.25) is 0 Å². The van der Waals surface area contributed by atoms with Crippen molar-refractivity contribution in [2.75, 3.05) is 18.9 Å². The summed E-state index contributed by atoms with van der Waals surface area (Å²) in [4.78, 5) is 24.8. The largest absolute Gasteiger partial charge is 0.478 e. The second-order valence-corrected chi connectivity index (χ2v) is 5.34. The monoisotopic (exact) mass is 278 g/mol. The summed E-state index contributed by atoms with van der Waals surface area (Å²) in [5.41, 5.74) is 1.09. The molecule has 20 heavy (non-hydrogen) atoms. The number of aromatic carboxylic acids is 1. The number of urea groups is 1. The molecule has 0 saturated heterocycles. The van der Waals surface area contributed by atoms with Gasteiger partial charge in [-0.3, -0.25) is 0 Å². The highest BCUT2D eigenvalue weighted by Gasteiger charge is 2.16. The van der Waals surface area contributed by atoms with Gasteiger partial charge in [-0.1, -0.05) is 26.0 Å². The van der Waals surface area contributed by atoms with E-state index in [0.717, 1.165) is 6.42 Å². The Morgan fingerprint density at radius 2 is 2.00 bits per heavy atom. The average Bonchev–Trinajstić information content (AvgIpc) is 2.35. The van der Waals surface area contributed by atoms with Crippen LogP contribution in [0.25, 0.3) is 0 Å². The van der Waals surface area contributed by atoms with E-state index in [1.165, 1.54) is 0 Å². The van der Waals surface area contributed by atoms with Crippen molar-refractivity contribution in [1.82, 2.24) is 4.90 Å². The minimum absolute atomic E-state index is 0.137. The van der Waals surface area contributed by atoms with Crippen LogP contribution in [0.1, 0.15) is 36.2 Å². The van der Waals surface area contributed by atoms with E-state index < -0.39 is 5.97 Å². The van der Waals surface area contributed by atoms with Crippen LogP contribution in [0.3, 0.4) is 0 Å². The molecular formula is C15H22N2O3. The van der Waals surface area contributed by atoms with E-state index in [2.05, 4.69) is 19.2 Å². The van der Waals surface area contributed by atoms with Crippen molar-refractivity contribution in [2.45, 2.75) is 27.2 Å². The van der Waals surface area contributed by atoms with Gasteiger partial charge in [0, 0.05) is 13.6 Å². The van der Waals surface area contributed by atoms with Gasteiger partial charge in [-0.2, -0.15) is 0 Å². The minimum Gasteiger partial charge on any atom is -0.478 e. The van der Waals surface area contributed by atoms with Crippen LogP contribution in [0.4, 0.5) is 10.5 Å². The van der Waals surface area contributed by atoms with Crippen LogP contribution in [0.5, 0.6) is 0 Å². The summed E-state index contributed by atoms with van der Waals surface area (Å²) in [6.07, 6.45) is 0.906. The summed E-state index contributed by atoms with van der Waals surface area (Å²) in [6, 6.07) is 4.75. The molecule has 2 amide bonds. The first-order chi connectivity index (χ1) is 9.32. The number of benzene rings is 1. The van der Waals surface area contributed by atoms with Gasteiger partial charge in [0.2, 0.25) is 0 Å². The molecule has 5 nitrogen and oxygen atoms in total. The summed E-state index contributed by atoms with van der Waals surface area (Å²) < 4.78 is 0. The standard InChI is InChI=1S/C15H22N2O3/c1-10(2)8-9-17(4)15(20)16-12-7-5-6-11(3)13(12)14(18)19/h5-7,10H,8-9H2,1-4H3,(H,16,20)(H,18,19).